The van der Waals surface area contributed by atoms with Crippen molar-refractivity contribution in [1.29, 1.82) is 0 Å². The fourth-order valence-electron chi connectivity index (χ4n) is 3.42. The third-order valence-electron chi connectivity index (χ3n) is 4.95. The maximum absolute atomic E-state index is 12.8. The Morgan fingerprint density at radius 1 is 1.12 bits per heavy atom. The average molecular weight is 369 g/mol. The Hall–Kier alpha value is -2.46. The molecule has 0 aliphatic carbocycles. The predicted molar refractivity (Wildman–Crippen MR) is 104 cm³/mol. The van der Waals surface area contributed by atoms with E-state index in [0.29, 0.717) is 23.2 Å². The highest BCUT2D eigenvalue weighted by atomic mass is 35.5. The molecule has 26 heavy (non-hydrogen) atoms. The number of carbonyl (C=O) groups excluding carboxylic acids is 1. The minimum absolute atomic E-state index is 0.0553. The number of amides is 1. The molecule has 1 aliphatic rings. The summed E-state index contributed by atoms with van der Waals surface area (Å²) >= 11 is 6.02. The van der Waals surface area contributed by atoms with Crippen LogP contribution in [-0.4, -0.2) is 35.5 Å². The molecule has 2 heterocycles. The molecule has 0 radical (unpaired) electrons. The van der Waals surface area contributed by atoms with Gasteiger partial charge in [0.05, 0.1) is 6.61 Å². The van der Waals surface area contributed by atoms with Crippen LogP contribution in [0.25, 0.3) is 10.9 Å². The molecule has 0 unspecified atom stereocenters. The summed E-state index contributed by atoms with van der Waals surface area (Å²) in [7, 11) is 0. The first-order chi connectivity index (χ1) is 12.7. The zero-order chi connectivity index (χ0) is 17.9. The normalized spacial score (nSPS) is 15.3. The molecule has 0 atom stereocenters. The van der Waals surface area contributed by atoms with Gasteiger partial charge < -0.3 is 14.6 Å². The first-order valence-electron chi connectivity index (χ1n) is 8.94. The fourth-order valence-corrected chi connectivity index (χ4v) is 3.59. The van der Waals surface area contributed by atoms with Crippen molar-refractivity contribution in [1.82, 2.24) is 9.88 Å². The van der Waals surface area contributed by atoms with Crippen LogP contribution in [0.4, 0.5) is 0 Å². The van der Waals surface area contributed by atoms with E-state index in [1.165, 1.54) is 0 Å². The molecule has 0 saturated carbocycles. The summed E-state index contributed by atoms with van der Waals surface area (Å²) in [5.74, 6) is 1.45. The molecule has 1 amide bonds. The van der Waals surface area contributed by atoms with Crippen LogP contribution >= 0.6 is 11.6 Å². The number of nitrogens with zero attached hydrogens (tertiary/aromatic N) is 1. The first kappa shape index (κ1) is 17.0. The van der Waals surface area contributed by atoms with Gasteiger partial charge in [0, 0.05) is 29.0 Å². The molecule has 134 valence electrons. The highest BCUT2D eigenvalue weighted by molar-refractivity contribution is 6.31. The number of rotatable bonds is 4. The van der Waals surface area contributed by atoms with Crippen molar-refractivity contribution in [3.8, 4) is 5.75 Å². The van der Waals surface area contributed by atoms with Gasteiger partial charge in [-0.25, -0.2) is 0 Å². The van der Waals surface area contributed by atoms with Gasteiger partial charge in [-0.05, 0) is 49.1 Å². The lowest BCUT2D eigenvalue weighted by molar-refractivity contribution is 0.0656. The van der Waals surface area contributed by atoms with Crippen LogP contribution in [0.5, 0.6) is 5.75 Å². The molecule has 4 rings (SSSR count). The molecule has 1 aliphatic heterocycles. The molecule has 0 bridgehead atoms. The summed E-state index contributed by atoms with van der Waals surface area (Å²) in [6.07, 6.45) is 1.93. The van der Waals surface area contributed by atoms with Crippen molar-refractivity contribution in [2.24, 2.45) is 5.92 Å². The summed E-state index contributed by atoms with van der Waals surface area (Å²) in [5, 5.41) is 1.67. The largest absolute Gasteiger partial charge is 0.493 e. The van der Waals surface area contributed by atoms with Gasteiger partial charge in [-0.1, -0.05) is 35.9 Å². The first-order valence-corrected chi connectivity index (χ1v) is 9.32. The van der Waals surface area contributed by atoms with E-state index in [9.17, 15) is 4.79 Å². The third kappa shape index (κ3) is 3.70. The lowest BCUT2D eigenvalue weighted by atomic mass is 9.97. The molecular formula is C21H21ClN2O2. The number of likely N-dealkylation sites (tertiary alicyclic amines) is 1. The van der Waals surface area contributed by atoms with Gasteiger partial charge in [-0.15, -0.1) is 0 Å². The Kier molecular flexibility index (Phi) is 4.85. The Labute approximate surface area is 157 Å². The van der Waals surface area contributed by atoms with Crippen LogP contribution in [-0.2, 0) is 0 Å². The van der Waals surface area contributed by atoms with Gasteiger partial charge >= 0.3 is 0 Å². The Morgan fingerprint density at radius 3 is 2.65 bits per heavy atom. The van der Waals surface area contributed by atoms with E-state index >= 15 is 0 Å². The minimum atomic E-state index is 0.0553. The second kappa shape index (κ2) is 7.42. The summed E-state index contributed by atoms with van der Waals surface area (Å²) < 4.78 is 5.85. The van der Waals surface area contributed by atoms with Crippen LogP contribution in [0.15, 0.2) is 54.6 Å². The molecule has 0 spiro atoms. The molecule has 5 heteroatoms. The quantitative estimate of drug-likeness (QED) is 0.722. The number of ether oxygens (including phenoxy) is 1. The summed E-state index contributed by atoms with van der Waals surface area (Å²) in [6, 6.07) is 17.4. The van der Waals surface area contributed by atoms with E-state index in [1.54, 1.807) is 0 Å². The summed E-state index contributed by atoms with van der Waals surface area (Å²) in [4.78, 5) is 17.9. The van der Waals surface area contributed by atoms with Crippen molar-refractivity contribution in [3.63, 3.8) is 0 Å². The Bertz CT molecular complexity index is 899. The maximum atomic E-state index is 12.8. The van der Waals surface area contributed by atoms with E-state index in [4.69, 9.17) is 16.3 Å². The molecule has 1 saturated heterocycles. The molecule has 3 aromatic rings. The van der Waals surface area contributed by atoms with Gasteiger partial charge in [-0.3, -0.25) is 4.79 Å². The monoisotopic (exact) mass is 368 g/mol. The number of H-pyrrole nitrogens is 1. The number of hydrogen-bond acceptors (Lipinski definition) is 2. The number of para-hydroxylation sites is 1. The number of carbonyl (C=O) groups is 1. The number of benzene rings is 2. The van der Waals surface area contributed by atoms with E-state index < -0.39 is 0 Å². The zero-order valence-electron chi connectivity index (χ0n) is 14.5. The lowest BCUT2D eigenvalue weighted by Gasteiger charge is -2.31. The number of hydrogen-bond donors (Lipinski definition) is 1. The van der Waals surface area contributed by atoms with Crippen molar-refractivity contribution >= 4 is 28.4 Å². The number of halogens is 1. The topological polar surface area (TPSA) is 45.3 Å². The second-order valence-electron chi connectivity index (χ2n) is 6.77. The lowest BCUT2D eigenvalue weighted by Crippen LogP contribution is -2.39. The summed E-state index contributed by atoms with van der Waals surface area (Å²) in [5.41, 5.74) is 1.52. The zero-order valence-corrected chi connectivity index (χ0v) is 15.2. The van der Waals surface area contributed by atoms with Crippen LogP contribution < -0.4 is 4.74 Å². The number of nitrogens with one attached hydrogen (secondary N) is 1. The maximum Gasteiger partial charge on any atom is 0.270 e. The highest BCUT2D eigenvalue weighted by Gasteiger charge is 2.25. The summed E-state index contributed by atoms with van der Waals surface area (Å²) in [6.45, 7) is 2.23. The van der Waals surface area contributed by atoms with Gasteiger partial charge in [0.25, 0.3) is 5.91 Å². The molecule has 1 fully saturated rings. The third-order valence-corrected chi connectivity index (χ3v) is 5.18. The molecule has 1 N–H and O–H groups in total. The smallest absolute Gasteiger partial charge is 0.270 e. The standard InChI is InChI=1S/C21H21ClN2O2/c22-17-7-6-16-12-20(23-19(16)13-17)21(25)24-10-8-15(9-11-24)14-26-18-4-2-1-3-5-18/h1-7,12-13,15,23H,8-11,14H2. The van der Waals surface area contributed by atoms with Crippen LogP contribution in [0, 0.1) is 5.92 Å². The van der Waals surface area contributed by atoms with Crippen LogP contribution in [0.3, 0.4) is 0 Å². The fraction of sp³-hybridized carbons (Fsp3) is 0.286. The van der Waals surface area contributed by atoms with Crippen LogP contribution in [0.2, 0.25) is 5.02 Å². The van der Waals surface area contributed by atoms with Crippen molar-refractivity contribution in [3.05, 3.63) is 65.3 Å². The van der Waals surface area contributed by atoms with Gasteiger partial charge in [0.1, 0.15) is 11.4 Å². The number of aromatic amines is 1. The highest BCUT2D eigenvalue weighted by Crippen LogP contribution is 2.23. The molecule has 4 nitrogen and oxygen atoms in total. The average Bonchev–Trinajstić information content (AvgIpc) is 3.10. The van der Waals surface area contributed by atoms with E-state index in [2.05, 4.69) is 4.98 Å². The van der Waals surface area contributed by atoms with Gasteiger partial charge in [0.15, 0.2) is 0 Å². The van der Waals surface area contributed by atoms with E-state index in [1.807, 2.05) is 59.5 Å². The van der Waals surface area contributed by atoms with Crippen molar-refractivity contribution < 1.29 is 9.53 Å². The molecule has 1 aromatic heterocycles. The SMILES string of the molecule is O=C(c1cc2ccc(Cl)cc2[nH]1)N1CCC(COc2ccccc2)CC1. The Morgan fingerprint density at radius 2 is 1.88 bits per heavy atom. The number of piperidine rings is 1. The van der Waals surface area contributed by atoms with Crippen LogP contribution in [0.1, 0.15) is 23.3 Å². The van der Waals surface area contributed by atoms with Crippen molar-refractivity contribution in [2.45, 2.75) is 12.8 Å². The minimum Gasteiger partial charge on any atom is -0.493 e. The molecule has 2 aromatic carbocycles. The number of fused-ring (bicyclic) bond motifs is 1. The van der Waals surface area contributed by atoms with Gasteiger partial charge in [0.2, 0.25) is 0 Å². The van der Waals surface area contributed by atoms with Gasteiger partial charge in [-0.2, -0.15) is 0 Å². The van der Waals surface area contributed by atoms with E-state index in [0.717, 1.165) is 42.6 Å². The molecular weight excluding hydrogens is 348 g/mol. The predicted octanol–water partition coefficient (Wildman–Crippen LogP) is 4.75. The Balaban J connectivity index is 1.34. The van der Waals surface area contributed by atoms with Crippen molar-refractivity contribution in [2.75, 3.05) is 19.7 Å². The second-order valence-corrected chi connectivity index (χ2v) is 7.21. The number of aromatic nitrogens is 1. The van der Waals surface area contributed by atoms with E-state index in [-0.39, 0.29) is 5.91 Å².